The molecule has 0 atom stereocenters. The zero-order valence-electron chi connectivity index (χ0n) is 5.85. The molecule has 1 heterocycles. The quantitative estimate of drug-likeness (QED) is 0.805. The maximum absolute atomic E-state index is 12.0. The first kappa shape index (κ1) is 10.3. The van der Waals surface area contributed by atoms with Gasteiger partial charge in [-0.2, -0.15) is 13.2 Å². The molecule has 0 aliphatic rings. The number of aromatic carboxylic acids is 1. The molecule has 0 aliphatic heterocycles. The zero-order valence-corrected chi connectivity index (χ0v) is 7.43. The van der Waals surface area contributed by atoms with Crippen LogP contribution in [-0.2, 0) is 6.18 Å². The summed E-state index contributed by atoms with van der Waals surface area (Å²) in [4.78, 5) is 8.82. The van der Waals surface area contributed by atoms with E-state index in [1.165, 1.54) is 0 Å². The molecule has 0 amide bonds. The van der Waals surface area contributed by atoms with Gasteiger partial charge in [0.1, 0.15) is 9.75 Å². The number of hydrogen-bond acceptors (Lipinski definition) is 2. The van der Waals surface area contributed by atoms with Crippen LogP contribution >= 0.6 is 22.9 Å². The van der Waals surface area contributed by atoms with Crippen LogP contribution in [-0.4, -0.2) is 11.1 Å². The molecular formula is C6H2ClF3O2S. The van der Waals surface area contributed by atoms with E-state index in [1.807, 2.05) is 0 Å². The highest BCUT2D eigenvalue weighted by atomic mass is 35.5. The summed E-state index contributed by atoms with van der Waals surface area (Å²) in [7, 11) is 0. The number of rotatable bonds is 1. The van der Waals surface area contributed by atoms with E-state index in [2.05, 4.69) is 0 Å². The molecule has 7 heteroatoms. The van der Waals surface area contributed by atoms with E-state index in [-0.39, 0.29) is 16.4 Å². The van der Waals surface area contributed by atoms with Gasteiger partial charge in [0.25, 0.3) is 0 Å². The Kier molecular flexibility index (Phi) is 2.53. The summed E-state index contributed by atoms with van der Waals surface area (Å²) in [5.74, 6) is -1.45. The molecule has 1 rings (SSSR count). The Hall–Kier alpha value is -0.750. The largest absolute Gasteiger partial charge is 0.477 e. The second-order valence-corrected chi connectivity index (χ2v) is 3.55. The molecule has 0 aliphatic carbocycles. The Morgan fingerprint density at radius 3 is 2.31 bits per heavy atom. The van der Waals surface area contributed by atoms with Crippen molar-refractivity contribution in [2.75, 3.05) is 0 Å². The van der Waals surface area contributed by atoms with Gasteiger partial charge in [-0.3, -0.25) is 0 Å². The second-order valence-electron chi connectivity index (χ2n) is 2.09. The molecule has 0 bridgehead atoms. The Morgan fingerprint density at radius 2 is 2.08 bits per heavy atom. The minimum absolute atomic E-state index is 0.118. The van der Waals surface area contributed by atoms with Gasteiger partial charge in [-0.1, -0.05) is 11.6 Å². The van der Waals surface area contributed by atoms with E-state index < -0.39 is 21.9 Å². The summed E-state index contributed by atoms with van der Waals surface area (Å²) in [6.07, 6.45) is -4.54. The van der Waals surface area contributed by atoms with Crippen molar-refractivity contribution in [2.45, 2.75) is 6.18 Å². The van der Waals surface area contributed by atoms with Crippen LogP contribution in [0, 0.1) is 0 Å². The maximum atomic E-state index is 12.0. The molecule has 0 unspecified atom stereocenters. The van der Waals surface area contributed by atoms with Gasteiger partial charge in [0.2, 0.25) is 0 Å². The van der Waals surface area contributed by atoms with Crippen LogP contribution in [0.3, 0.4) is 0 Å². The van der Waals surface area contributed by atoms with Crippen molar-refractivity contribution in [3.8, 4) is 0 Å². The van der Waals surface area contributed by atoms with E-state index in [4.69, 9.17) is 16.7 Å². The molecule has 1 aromatic heterocycles. The van der Waals surface area contributed by atoms with Gasteiger partial charge < -0.3 is 5.11 Å². The van der Waals surface area contributed by atoms with Crippen molar-refractivity contribution < 1.29 is 23.1 Å². The van der Waals surface area contributed by atoms with Crippen molar-refractivity contribution in [1.29, 1.82) is 0 Å². The van der Waals surface area contributed by atoms with Crippen LogP contribution in [0.2, 0.25) is 5.02 Å². The molecule has 0 radical (unpaired) electrons. The van der Waals surface area contributed by atoms with Crippen LogP contribution < -0.4 is 0 Å². The molecule has 0 saturated heterocycles. The van der Waals surface area contributed by atoms with Crippen LogP contribution in [0.15, 0.2) is 6.07 Å². The number of hydrogen-bond donors (Lipinski definition) is 1. The van der Waals surface area contributed by atoms with Crippen LogP contribution in [0.25, 0.3) is 0 Å². The summed E-state index contributed by atoms with van der Waals surface area (Å²) < 4.78 is 36.0. The lowest BCUT2D eigenvalue weighted by Crippen LogP contribution is -2.00. The first-order valence-corrected chi connectivity index (χ1v) is 4.11. The van der Waals surface area contributed by atoms with Gasteiger partial charge in [0.05, 0.1) is 5.02 Å². The van der Waals surface area contributed by atoms with Crippen molar-refractivity contribution in [1.82, 2.24) is 0 Å². The van der Waals surface area contributed by atoms with E-state index in [9.17, 15) is 18.0 Å². The van der Waals surface area contributed by atoms with Gasteiger partial charge >= 0.3 is 12.1 Å². The molecule has 0 aromatic carbocycles. The minimum Gasteiger partial charge on any atom is -0.477 e. The predicted molar refractivity (Wildman–Crippen MR) is 41.3 cm³/mol. The number of carboxylic acids is 1. The Bertz CT molecular complexity index is 344. The highest BCUT2D eigenvalue weighted by Crippen LogP contribution is 2.38. The first-order valence-electron chi connectivity index (χ1n) is 2.92. The molecule has 0 saturated carbocycles. The Labute approximate surface area is 79.6 Å². The minimum atomic E-state index is -4.54. The van der Waals surface area contributed by atoms with Crippen LogP contribution in [0.4, 0.5) is 13.2 Å². The molecule has 0 fully saturated rings. The standard InChI is InChI=1S/C6H2ClF3O2S/c7-2-1-3(6(8,9)10)13-4(2)5(11)12/h1H,(H,11,12). The van der Waals surface area contributed by atoms with Crippen molar-refractivity contribution >= 4 is 28.9 Å². The number of thiophene rings is 1. The van der Waals surface area contributed by atoms with Crippen LogP contribution in [0.1, 0.15) is 14.5 Å². The highest BCUT2D eigenvalue weighted by molar-refractivity contribution is 7.14. The summed E-state index contributed by atoms with van der Waals surface area (Å²) in [6.45, 7) is 0. The number of halogens is 4. The third kappa shape index (κ3) is 2.13. The predicted octanol–water partition coefficient (Wildman–Crippen LogP) is 3.12. The molecule has 13 heavy (non-hydrogen) atoms. The van der Waals surface area contributed by atoms with Gasteiger partial charge in [-0.15, -0.1) is 11.3 Å². The summed E-state index contributed by atoms with van der Waals surface area (Å²) in [6, 6.07) is 0.607. The van der Waals surface area contributed by atoms with Crippen LogP contribution in [0.5, 0.6) is 0 Å². The van der Waals surface area contributed by atoms with Crippen molar-refractivity contribution in [3.05, 3.63) is 20.8 Å². The third-order valence-corrected chi connectivity index (χ3v) is 2.74. The molecule has 2 nitrogen and oxygen atoms in total. The normalized spacial score (nSPS) is 11.7. The van der Waals surface area contributed by atoms with Gasteiger partial charge in [0.15, 0.2) is 0 Å². The smallest absolute Gasteiger partial charge is 0.425 e. The van der Waals surface area contributed by atoms with E-state index in [1.54, 1.807) is 0 Å². The van der Waals surface area contributed by atoms with Crippen molar-refractivity contribution in [2.24, 2.45) is 0 Å². The monoisotopic (exact) mass is 230 g/mol. The van der Waals surface area contributed by atoms with E-state index in [0.717, 1.165) is 0 Å². The van der Waals surface area contributed by atoms with Gasteiger partial charge in [-0.25, -0.2) is 4.79 Å². The van der Waals surface area contributed by atoms with Crippen molar-refractivity contribution in [3.63, 3.8) is 0 Å². The number of carboxylic acid groups (broad SMARTS) is 1. The topological polar surface area (TPSA) is 37.3 Å². The fourth-order valence-corrected chi connectivity index (χ4v) is 1.78. The third-order valence-electron chi connectivity index (χ3n) is 1.16. The summed E-state index contributed by atoms with van der Waals surface area (Å²) in [5.41, 5.74) is 0. The number of carbonyl (C=O) groups is 1. The molecule has 0 spiro atoms. The lowest BCUT2D eigenvalue weighted by Gasteiger charge is -1.99. The zero-order chi connectivity index (χ0) is 10.2. The summed E-state index contributed by atoms with van der Waals surface area (Å²) in [5, 5.41) is 8.02. The first-order chi connectivity index (χ1) is 5.82. The van der Waals surface area contributed by atoms with Gasteiger partial charge in [-0.05, 0) is 6.07 Å². The fourth-order valence-electron chi connectivity index (χ4n) is 0.654. The number of alkyl halides is 3. The Balaban J connectivity index is 3.17. The maximum Gasteiger partial charge on any atom is 0.425 e. The second kappa shape index (κ2) is 3.19. The highest BCUT2D eigenvalue weighted by Gasteiger charge is 2.34. The van der Waals surface area contributed by atoms with Gasteiger partial charge in [0, 0.05) is 0 Å². The van der Waals surface area contributed by atoms with E-state index in [0.29, 0.717) is 6.07 Å². The van der Waals surface area contributed by atoms with E-state index >= 15 is 0 Å². The Morgan fingerprint density at radius 1 is 1.54 bits per heavy atom. The molecular weight excluding hydrogens is 229 g/mol. The lowest BCUT2D eigenvalue weighted by atomic mass is 10.4. The summed E-state index contributed by atoms with van der Waals surface area (Å²) >= 11 is 5.39. The average Bonchev–Trinajstić information content (AvgIpc) is 2.29. The fraction of sp³-hybridized carbons (Fsp3) is 0.167. The molecule has 1 aromatic rings. The lowest BCUT2D eigenvalue weighted by molar-refractivity contribution is -0.134. The average molecular weight is 231 g/mol. The molecule has 72 valence electrons. The molecule has 1 N–H and O–H groups in total. The SMILES string of the molecule is O=C(O)c1sc(C(F)(F)F)cc1Cl.